The van der Waals surface area contributed by atoms with Gasteiger partial charge < -0.3 is 14.6 Å². The fraction of sp³-hybridized carbons (Fsp3) is 0.444. The van der Waals surface area contributed by atoms with Gasteiger partial charge in [0.05, 0.1) is 5.70 Å². The van der Waals surface area contributed by atoms with Crippen LogP contribution < -0.4 is 0 Å². The maximum Gasteiger partial charge on any atom is 0.146 e. The van der Waals surface area contributed by atoms with Gasteiger partial charge in [-0.05, 0) is 6.08 Å². The number of aldehydes is 1. The van der Waals surface area contributed by atoms with E-state index in [0.29, 0.717) is 0 Å². The Hall–Kier alpha value is -1.25. The summed E-state index contributed by atoms with van der Waals surface area (Å²) >= 11 is 0. The van der Waals surface area contributed by atoms with E-state index in [-0.39, 0.29) is 6.04 Å². The van der Waals surface area contributed by atoms with E-state index in [0.717, 1.165) is 12.0 Å². The lowest BCUT2D eigenvalue weighted by molar-refractivity contribution is -0.110. The third-order valence-electron chi connectivity index (χ3n) is 1.93. The van der Waals surface area contributed by atoms with Gasteiger partial charge in [-0.3, -0.25) is 0 Å². The smallest absolute Gasteiger partial charge is 0.146 e. The molecule has 66 valence electrons. The van der Waals surface area contributed by atoms with Crippen LogP contribution in [0.4, 0.5) is 0 Å². The van der Waals surface area contributed by atoms with Gasteiger partial charge in [0.25, 0.3) is 0 Å². The van der Waals surface area contributed by atoms with Gasteiger partial charge in [0.1, 0.15) is 12.3 Å². The van der Waals surface area contributed by atoms with E-state index in [4.69, 9.17) is 0 Å². The van der Waals surface area contributed by atoms with E-state index in [1.807, 2.05) is 49.3 Å². The average Bonchev–Trinajstić information content (AvgIpc) is 2.04. The number of likely N-dealkylation sites (N-methyl/N-ethyl adjacent to an activating group) is 2. The van der Waals surface area contributed by atoms with Gasteiger partial charge >= 0.3 is 0 Å². The Morgan fingerprint density at radius 2 is 2.25 bits per heavy atom. The van der Waals surface area contributed by atoms with E-state index in [2.05, 4.69) is 0 Å². The molecule has 1 aliphatic rings. The first-order chi connectivity index (χ1) is 5.65. The first-order valence-electron chi connectivity index (χ1n) is 3.89. The van der Waals surface area contributed by atoms with Crippen LogP contribution in [-0.2, 0) is 4.79 Å². The summed E-state index contributed by atoms with van der Waals surface area (Å²) in [7, 11) is 5.85. The van der Waals surface area contributed by atoms with Gasteiger partial charge in [-0.15, -0.1) is 0 Å². The summed E-state index contributed by atoms with van der Waals surface area (Å²) < 4.78 is 0. The Morgan fingerprint density at radius 3 is 2.67 bits per heavy atom. The van der Waals surface area contributed by atoms with Crippen LogP contribution >= 0.6 is 0 Å². The summed E-state index contributed by atoms with van der Waals surface area (Å²) in [5.41, 5.74) is 1.11. The normalized spacial score (nSPS) is 22.1. The third kappa shape index (κ3) is 1.67. The molecular formula is C9H14N2O. The molecule has 0 saturated carbocycles. The van der Waals surface area contributed by atoms with E-state index < -0.39 is 0 Å². The van der Waals surface area contributed by atoms with Crippen LogP contribution in [0, 0.1) is 0 Å². The van der Waals surface area contributed by atoms with E-state index in [1.54, 1.807) is 0 Å². The standard InChI is InChI=1S/C9H14N2O/c1-10(2)8-4-5-9(7-12)11(3)6-8/h4-7,9H,1-3H3. The van der Waals surface area contributed by atoms with Gasteiger partial charge in [0.2, 0.25) is 0 Å². The second kappa shape index (κ2) is 3.43. The van der Waals surface area contributed by atoms with Gasteiger partial charge in [0, 0.05) is 27.3 Å². The summed E-state index contributed by atoms with van der Waals surface area (Å²) in [5, 5.41) is 0. The Balaban J connectivity index is 2.75. The molecule has 0 aromatic heterocycles. The minimum atomic E-state index is -0.103. The van der Waals surface area contributed by atoms with Crippen molar-refractivity contribution in [1.82, 2.24) is 9.80 Å². The molecule has 1 heterocycles. The Bertz CT molecular complexity index is 231. The zero-order valence-electron chi connectivity index (χ0n) is 7.69. The van der Waals surface area contributed by atoms with Gasteiger partial charge in [-0.25, -0.2) is 0 Å². The van der Waals surface area contributed by atoms with Crippen LogP contribution in [0.15, 0.2) is 24.0 Å². The van der Waals surface area contributed by atoms with Crippen molar-refractivity contribution in [3.05, 3.63) is 24.0 Å². The third-order valence-corrected chi connectivity index (χ3v) is 1.93. The van der Waals surface area contributed by atoms with Crippen LogP contribution in [0.1, 0.15) is 0 Å². The zero-order chi connectivity index (χ0) is 9.14. The molecule has 1 aliphatic heterocycles. The molecule has 0 radical (unpaired) electrons. The number of rotatable bonds is 2. The van der Waals surface area contributed by atoms with Crippen LogP contribution in [-0.4, -0.2) is 43.3 Å². The first kappa shape index (κ1) is 8.84. The van der Waals surface area contributed by atoms with Crippen molar-refractivity contribution in [2.24, 2.45) is 0 Å². The van der Waals surface area contributed by atoms with Gasteiger partial charge in [-0.2, -0.15) is 0 Å². The highest BCUT2D eigenvalue weighted by Gasteiger charge is 2.12. The van der Waals surface area contributed by atoms with Crippen molar-refractivity contribution in [1.29, 1.82) is 0 Å². The van der Waals surface area contributed by atoms with E-state index in [9.17, 15) is 4.79 Å². The van der Waals surface area contributed by atoms with E-state index in [1.165, 1.54) is 0 Å². The minimum Gasteiger partial charge on any atom is -0.376 e. The molecule has 3 nitrogen and oxygen atoms in total. The Morgan fingerprint density at radius 1 is 1.58 bits per heavy atom. The number of hydrogen-bond acceptors (Lipinski definition) is 3. The number of hydrogen-bond donors (Lipinski definition) is 0. The lowest BCUT2D eigenvalue weighted by Gasteiger charge is -2.26. The molecule has 0 fully saturated rings. The van der Waals surface area contributed by atoms with Crippen molar-refractivity contribution in [2.75, 3.05) is 21.1 Å². The largest absolute Gasteiger partial charge is 0.376 e. The number of carbonyl (C=O) groups excluding carboxylic acids is 1. The van der Waals surface area contributed by atoms with Crippen LogP contribution in [0.5, 0.6) is 0 Å². The van der Waals surface area contributed by atoms with Gasteiger partial charge in [-0.1, -0.05) is 6.08 Å². The van der Waals surface area contributed by atoms with E-state index >= 15 is 0 Å². The first-order valence-corrected chi connectivity index (χ1v) is 3.89. The highest BCUT2D eigenvalue weighted by atomic mass is 16.1. The molecule has 3 heteroatoms. The fourth-order valence-electron chi connectivity index (χ4n) is 1.08. The molecule has 0 spiro atoms. The maximum atomic E-state index is 10.5. The molecule has 0 N–H and O–H groups in total. The lowest BCUT2D eigenvalue weighted by atomic mass is 10.2. The van der Waals surface area contributed by atoms with Crippen molar-refractivity contribution >= 4 is 6.29 Å². The summed E-state index contributed by atoms with van der Waals surface area (Å²) in [6.45, 7) is 0. The predicted molar refractivity (Wildman–Crippen MR) is 48.5 cm³/mol. The SMILES string of the molecule is CN(C)C1=CN(C)C(C=O)C=C1. The Kier molecular flexibility index (Phi) is 2.53. The lowest BCUT2D eigenvalue weighted by Crippen LogP contribution is -2.30. The zero-order valence-corrected chi connectivity index (χ0v) is 7.69. The molecule has 1 rings (SSSR count). The average molecular weight is 166 g/mol. The minimum absolute atomic E-state index is 0.103. The molecule has 0 saturated heterocycles. The van der Waals surface area contributed by atoms with Crippen LogP contribution in [0.25, 0.3) is 0 Å². The summed E-state index contributed by atoms with van der Waals surface area (Å²) in [6.07, 6.45) is 6.74. The molecule has 0 aromatic rings. The molecule has 0 aliphatic carbocycles. The molecule has 0 amide bonds. The molecule has 1 atom stereocenters. The predicted octanol–water partition coefficient (Wildman–Crippen LogP) is 0.458. The summed E-state index contributed by atoms with van der Waals surface area (Å²) in [6, 6.07) is -0.103. The number of nitrogens with zero attached hydrogens (tertiary/aromatic N) is 2. The second-order valence-corrected chi connectivity index (χ2v) is 3.10. The van der Waals surface area contributed by atoms with Crippen molar-refractivity contribution in [2.45, 2.75) is 6.04 Å². The highest BCUT2D eigenvalue weighted by Crippen LogP contribution is 2.11. The number of allylic oxidation sites excluding steroid dienone is 1. The molecule has 0 bridgehead atoms. The Labute approximate surface area is 73.0 Å². The van der Waals surface area contributed by atoms with Crippen LogP contribution in [0.2, 0.25) is 0 Å². The summed E-state index contributed by atoms with van der Waals surface area (Å²) in [4.78, 5) is 14.4. The van der Waals surface area contributed by atoms with Crippen molar-refractivity contribution in [3.63, 3.8) is 0 Å². The van der Waals surface area contributed by atoms with Gasteiger partial charge in [0.15, 0.2) is 0 Å². The molecule has 0 aromatic carbocycles. The quantitative estimate of drug-likeness (QED) is 0.557. The van der Waals surface area contributed by atoms with Crippen molar-refractivity contribution < 1.29 is 4.79 Å². The molecular weight excluding hydrogens is 152 g/mol. The molecule has 12 heavy (non-hydrogen) atoms. The fourth-order valence-corrected chi connectivity index (χ4v) is 1.08. The second-order valence-electron chi connectivity index (χ2n) is 3.10. The maximum absolute atomic E-state index is 10.5. The molecule has 1 unspecified atom stereocenters. The number of carbonyl (C=O) groups is 1. The van der Waals surface area contributed by atoms with Crippen LogP contribution in [0.3, 0.4) is 0 Å². The highest BCUT2D eigenvalue weighted by molar-refractivity contribution is 5.62. The van der Waals surface area contributed by atoms with Crippen molar-refractivity contribution in [3.8, 4) is 0 Å². The topological polar surface area (TPSA) is 23.6 Å². The summed E-state index contributed by atoms with van der Waals surface area (Å²) in [5.74, 6) is 0. The monoisotopic (exact) mass is 166 g/mol.